The van der Waals surface area contributed by atoms with Crippen LogP contribution in [0.25, 0.3) is 0 Å². The van der Waals surface area contributed by atoms with Gasteiger partial charge in [-0.25, -0.2) is 9.78 Å². The van der Waals surface area contributed by atoms with Crippen molar-refractivity contribution in [1.82, 2.24) is 10.3 Å². The fourth-order valence-electron chi connectivity index (χ4n) is 0.781. The highest BCUT2D eigenvalue weighted by molar-refractivity contribution is 5.97. The first-order chi connectivity index (χ1) is 6.11. The van der Waals surface area contributed by atoms with Crippen LogP contribution in [0.15, 0.2) is 16.9 Å². The molecule has 1 rings (SSSR count). The normalized spacial score (nSPS) is 12.1. The third-order valence-electron chi connectivity index (χ3n) is 1.38. The first-order valence-corrected chi connectivity index (χ1v) is 3.54. The number of carbonyl (C=O) groups excluding carboxylic acids is 1. The smallest absolute Gasteiger partial charge is 0.405 e. The molecule has 6 nitrogen and oxygen atoms in total. The van der Waals surface area contributed by atoms with Crippen molar-refractivity contribution in [3.05, 3.63) is 18.4 Å². The summed E-state index contributed by atoms with van der Waals surface area (Å²) in [6.07, 6.45) is 1.31. The molecule has 1 heterocycles. The van der Waals surface area contributed by atoms with Crippen LogP contribution in [0.3, 0.4) is 0 Å². The van der Waals surface area contributed by atoms with Crippen LogP contribution >= 0.6 is 0 Å². The zero-order valence-corrected chi connectivity index (χ0v) is 6.85. The summed E-state index contributed by atoms with van der Waals surface area (Å²) in [6, 6.07) is -0.851. The van der Waals surface area contributed by atoms with Gasteiger partial charge in [-0.2, -0.15) is 0 Å². The van der Waals surface area contributed by atoms with Gasteiger partial charge in [0.2, 0.25) is 5.78 Å². The topological polar surface area (TPSA) is 92.4 Å². The molecule has 0 aliphatic carbocycles. The van der Waals surface area contributed by atoms with Gasteiger partial charge in [0.1, 0.15) is 6.26 Å². The predicted molar refractivity (Wildman–Crippen MR) is 41.5 cm³/mol. The van der Waals surface area contributed by atoms with E-state index in [0.717, 1.165) is 0 Å². The molecule has 0 aromatic carbocycles. The van der Waals surface area contributed by atoms with E-state index < -0.39 is 17.9 Å². The van der Waals surface area contributed by atoms with Crippen molar-refractivity contribution in [2.24, 2.45) is 0 Å². The number of Topliss-reactive ketones (excluding diaryl/α,β-unsaturated/α-hetero) is 1. The number of hydrogen-bond donors (Lipinski definition) is 2. The Hall–Kier alpha value is -1.85. The van der Waals surface area contributed by atoms with Gasteiger partial charge < -0.3 is 14.8 Å². The Morgan fingerprint density at radius 3 is 2.85 bits per heavy atom. The van der Waals surface area contributed by atoms with E-state index in [9.17, 15) is 9.59 Å². The molecular weight excluding hydrogens is 176 g/mol. The number of ketones is 1. The van der Waals surface area contributed by atoms with Gasteiger partial charge in [0, 0.05) is 0 Å². The van der Waals surface area contributed by atoms with Crippen molar-refractivity contribution in [3.8, 4) is 0 Å². The molecule has 0 spiro atoms. The fourth-order valence-corrected chi connectivity index (χ4v) is 0.781. The summed E-state index contributed by atoms with van der Waals surface area (Å²) in [5.74, 6) is -0.589. The third-order valence-corrected chi connectivity index (χ3v) is 1.38. The summed E-state index contributed by atoms with van der Waals surface area (Å²) in [5, 5.41) is 10.3. The van der Waals surface area contributed by atoms with E-state index in [0.29, 0.717) is 0 Å². The number of aromatic nitrogens is 1. The maximum atomic E-state index is 11.3. The maximum Gasteiger partial charge on any atom is 0.405 e. The second-order valence-electron chi connectivity index (χ2n) is 2.37. The Balaban J connectivity index is 2.63. The molecule has 1 aromatic rings. The highest BCUT2D eigenvalue weighted by Crippen LogP contribution is 1.99. The quantitative estimate of drug-likeness (QED) is 0.668. The zero-order valence-electron chi connectivity index (χ0n) is 6.85. The monoisotopic (exact) mass is 184 g/mol. The van der Waals surface area contributed by atoms with Gasteiger partial charge in [0.05, 0.1) is 12.2 Å². The van der Waals surface area contributed by atoms with Crippen LogP contribution in [0.2, 0.25) is 0 Å². The molecule has 0 aliphatic rings. The summed E-state index contributed by atoms with van der Waals surface area (Å²) in [5.41, 5.74) is 0. The SMILES string of the molecule is CC(NC(=O)O)C(=O)c1ncco1. The number of hydrogen-bond acceptors (Lipinski definition) is 4. The Morgan fingerprint density at radius 2 is 2.38 bits per heavy atom. The molecule has 1 atom stereocenters. The average molecular weight is 184 g/mol. The Kier molecular flexibility index (Phi) is 2.63. The fraction of sp³-hybridized carbons (Fsp3) is 0.286. The van der Waals surface area contributed by atoms with Crippen molar-refractivity contribution < 1.29 is 19.1 Å². The summed E-state index contributed by atoms with van der Waals surface area (Å²) < 4.78 is 4.70. The number of carboxylic acid groups (broad SMARTS) is 1. The largest absolute Gasteiger partial charge is 0.465 e. The van der Waals surface area contributed by atoms with Gasteiger partial charge in [0.25, 0.3) is 5.89 Å². The molecule has 70 valence electrons. The standard InChI is InChI=1S/C7H8N2O4/c1-4(9-7(11)12)5(10)6-8-2-3-13-6/h2-4,9H,1H3,(H,11,12). The van der Waals surface area contributed by atoms with Crippen molar-refractivity contribution in [2.45, 2.75) is 13.0 Å². The van der Waals surface area contributed by atoms with Crippen molar-refractivity contribution in [2.75, 3.05) is 0 Å². The van der Waals surface area contributed by atoms with E-state index in [4.69, 9.17) is 9.52 Å². The van der Waals surface area contributed by atoms with Crippen molar-refractivity contribution in [3.63, 3.8) is 0 Å². The lowest BCUT2D eigenvalue weighted by atomic mass is 10.2. The van der Waals surface area contributed by atoms with Crippen LogP contribution in [-0.4, -0.2) is 28.0 Å². The molecule has 1 aromatic heterocycles. The molecule has 13 heavy (non-hydrogen) atoms. The molecular formula is C7H8N2O4. The zero-order chi connectivity index (χ0) is 9.84. The lowest BCUT2D eigenvalue weighted by molar-refractivity contribution is 0.0911. The van der Waals surface area contributed by atoms with Crippen LogP contribution in [0.5, 0.6) is 0 Å². The lowest BCUT2D eigenvalue weighted by Crippen LogP contribution is -2.37. The van der Waals surface area contributed by atoms with Gasteiger partial charge in [0.15, 0.2) is 0 Å². The number of carbonyl (C=O) groups is 2. The summed E-state index contributed by atoms with van der Waals surface area (Å²) in [6.45, 7) is 1.42. The molecule has 0 saturated heterocycles. The van der Waals surface area contributed by atoms with Gasteiger partial charge in [-0.1, -0.05) is 0 Å². The molecule has 6 heteroatoms. The third kappa shape index (κ3) is 2.29. The summed E-state index contributed by atoms with van der Waals surface area (Å²) in [4.78, 5) is 25.0. The highest BCUT2D eigenvalue weighted by Gasteiger charge is 2.20. The molecule has 0 radical (unpaired) electrons. The van der Waals surface area contributed by atoms with Gasteiger partial charge in [-0.05, 0) is 6.92 Å². The minimum atomic E-state index is -1.26. The molecule has 1 amide bonds. The van der Waals surface area contributed by atoms with E-state index in [1.807, 2.05) is 5.32 Å². The number of oxazole rings is 1. The van der Waals surface area contributed by atoms with Crippen LogP contribution < -0.4 is 5.32 Å². The Bertz CT molecular complexity index is 306. The average Bonchev–Trinajstić information content (AvgIpc) is 2.53. The number of nitrogens with one attached hydrogen (secondary N) is 1. The van der Waals surface area contributed by atoms with Gasteiger partial charge >= 0.3 is 6.09 Å². The summed E-state index contributed by atoms with van der Waals surface area (Å²) >= 11 is 0. The minimum absolute atomic E-state index is 0.0961. The Labute approximate surface area is 73.6 Å². The maximum absolute atomic E-state index is 11.3. The van der Waals surface area contributed by atoms with E-state index in [1.165, 1.54) is 19.4 Å². The second-order valence-corrected chi connectivity index (χ2v) is 2.37. The van der Waals surface area contributed by atoms with E-state index in [2.05, 4.69) is 4.98 Å². The van der Waals surface area contributed by atoms with Crippen LogP contribution in [0, 0.1) is 0 Å². The number of rotatable bonds is 3. The lowest BCUT2D eigenvalue weighted by Gasteiger charge is -2.06. The van der Waals surface area contributed by atoms with Crippen molar-refractivity contribution in [1.29, 1.82) is 0 Å². The van der Waals surface area contributed by atoms with Gasteiger partial charge in [-0.15, -0.1) is 0 Å². The van der Waals surface area contributed by atoms with E-state index in [1.54, 1.807) is 0 Å². The van der Waals surface area contributed by atoms with Crippen molar-refractivity contribution >= 4 is 11.9 Å². The van der Waals surface area contributed by atoms with Crippen LogP contribution in [0.1, 0.15) is 17.6 Å². The minimum Gasteiger partial charge on any atom is -0.465 e. The molecule has 2 N–H and O–H groups in total. The van der Waals surface area contributed by atoms with Gasteiger partial charge in [-0.3, -0.25) is 4.79 Å². The highest BCUT2D eigenvalue weighted by atomic mass is 16.4. The van der Waals surface area contributed by atoms with Crippen LogP contribution in [0.4, 0.5) is 4.79 Å². The first-order valence-electron chi connectivity index (χ1n) is 3.54. The molecule has 0 bridgehead atoms. The van der Waals surface area contributed by atoms with Crippen LogP contribution in [-0.2, 0) is 0 Å². The number of amides is 1. The Morgan fingerprint density at radius 1 is 1.69 bits per heavy atom. The van der Waals surface area contributed by atoms with E-state index in [-0.39, 0.29) is 5.89 Å². The number of nitrogens with zero attached hydrogens (tertiary/aromatic N) is 1. The molecule has 0 saturated carbocycles. The predicted octanol–water partition coefficient (Wildman–Crippen LogP) is 0.513. The molecule has 1 unspecified atom stereocenters. The first kappa shape index (κ1) is 9.24. The summed E-state index contributed by atoms with van der Waals surface area (Å²) in [7, 11) is 0. The second kappa shape index (κ2) is 3.70. The molecule has 0 fully saturated rings. The molecule has 0 aliphatic heterocycles. The van der Waals surface area contributed by atoms with E-state index >= 15 is 0 Å².